The number of fused-ring (bicyclic) bond motifs is 7. The number of hydrogen-bond donors (Lipinski definition) is 3. The monoisotopic (exact) mass is 486 g/mol. The van der Waals surface area contributed by atoms with Gasteiger partial charge >= 0.3 is 5.97 Å². The number of ketones is 1. The second-order valence-electron chi connectivity index (χ2n) is 14.8. The van der Waals surface area contributed by atoms with Gasteiger partial charge < -0.3 is 15.3 Å². The average Bonchev–Trinajstić information content (AvgIpc) is 2.76. The summed E-state index contributed by atoms with van der Waals surface area (Å²) < 4.78 is 0. The van der Waals surface area contributed by atoms with Gasteiger partial charge in [-0.05, 0) is 91.8 Å². The number of aliphatic hydroxyl groups is 2. The molecule has 0 radical (unpaired) electrons. The zero-order valence-electron chi connectivity index (χ0n) is 22.6. The van der Waals surface area contributed by atoms with Gasteiger partial charge in [0.2, 0.25) is 0 Å². The third-order valence-electron chi connectivity index (χ3n) is 12.9. The van der Waals surface area contributed by atoms with Crippen molar-refractivity contribution in [2.24, 2.45) is 50.2 Å². The van der Waals surface area contributed by atoms with Gasteiger partial charge in [-0.25, -0.2) is 0 Å². The maximum atomic E-state index is 13.0. The van der Waals surface area contributed by atoms with E-state index < -0.39 is 28.8 Å². The summed E-state index contributed by atoms with van der Waals surface area (Å²) in [5, 5.41) is 32.6. The molecule has 0 aromatic rings. The standard InChI is InChI=1S/C30H46O5/c1-25(2)11-13-30(17-31)14-12-27(4)18(19(30)15-25)7-8-21-26(3)10-9-22(33)29(6,24(34)35)23(26)20(32)16-28(21,27)5/h7,19-21,23,31-32H,8-17H2,1-6H3,(H,34,35)/t19-,20-,21-,23?,26-,27-,28-,29?,30-/m1/s1. The van der Waals surface area contributed by atoms with E-state index in [-0.39, 0.29) is 46.4 Å². The molecular weight excluding hydrogens is 440 g/mol. The van der Waals surface area contributed by atoms with Gasteiger partial charge in [-0.3, -0.25) is 9.59 Å². The molecule has 0 aliphatic heterocycles. The van der Waals surface area contributed by atoms with Crippen LogP contribution in [0.2, 0.25) is 0 Å². The van der Waals surface area contributed by atoms with E-state index in [1.54, 1.807) is 6.92 Å². The highest BCUT2D eigenvalue weighted by Crippen LogP contribution is 2.75. The summed E-state index contributed by atoms with van der Waals surface area (Å²) in [6.45, 7) is 13.4. The molecule has 5 rings (SSSR count). The number of hydrogen-bond acceptors (Lipinski definition) is 4. The highest BCUT2D eigenvalue weighted by Gasteiger charge is 2.72. The first-order valence-electron chi connectivity index (χ1n) is 13.9. The molecule has 5 nitrogen and oxygen atoms in total. The molecular formula is C30H46O5. The van der Waals surface area contributed by atoms with Crippen molar-refractivity contribution in [3.8, 4) is 0 Å². The van der Waals surface area contributed by atoms with E-state index in [1.807, 2.05) is 0 Å². The van der Waals surface area contributed by atoms with Crippen molar-refractivity contribution in [1.82, 2.24) is 0 Å². The molecule has 0 heterocycles. The highest BCUT2D eigenvalue weighted by atomic mass is 16.4. The van der Waals surface area contributed by atoms with Crippen molar-refractivity contribution in [3.05, 3.63) is 11.6 Å². The van der Waals surface area contributed by atoms with Gasteiger partial charge in [0.05, 0.1) is 6.10 Å². The van der Waals surface area contributed by atoms with Crippen molar-refractivity contribution in [3.63, 3.8) is 0 Å². The Morgan fingerprint density at radius 2 is 1.66 bits per heavy atom. The van der Waals surface area contributed by atoms with Gasteiger partial charge in [0.1, 0.15) is 11.2 Å². The van der Waals surface area contributed by atoms with Crippen LogP contribution in [0.15, 0.2) is 11.6 Å². The van der Waals surface area contributed by atoms with Crippen molar-refractivity contribution >= 4 is 11.8 Å². The van der Waals surface area contributed by atoms with Crippen LogP contribution >= 0.6 is 0 Å². The Hall–Kier alpha value is -1.20. The van der Waals surface area contributed by atoms with E-state index in [2.05, 4.69) is 40.7 Å². The van der Waals surface area contributed by atoms with Gasteiger partial charge in [-0.2, -0.15) is 0 Å². The van der Waals surface area contributed by atoms with Crippen LogP contribution in [0.4, 0.5) is 0 Å². The summed E-state index contributed by atoms with van der Waals surface area (Å²) in [6.07, 6.45) is 9.25. The largest absolute Gasteiger partial charge is 0.480 e. The number of carboxylic acid groups (broad SMARTS) is 1. The molecule has 5 aliphatic carbocycles. The zero-order valence-corrected chi connectivity index (χ0v) is 22.6. The first-order valence-corrected chi connectivity index (χ1v) is 13.9. The third kappa shape index (κ3) is 3.00. The number of carbonyl (C=O) groups excluding carboxylic acids is 1. The van der Waals surface area contributed by atoms with Crippen molar-refractivity contribution < 1.29 is 24.9 Å². The Labute approximate surface area is 210 Å². The number of carbonyl (C=O) groups is 2. The fraction of sp³-hybridized carbons (Fsp3) is 0.867. The molecule has 0 spiro atoms. The first kappa shape index (κ1) is 25.4. The van der Waals surface area contributed by atoms with Crippen LogP contribution in [0.25, 0.3) is 0 Å². The zero-order chi connectivity index (χ0) is 25.8. The molecule has 35 heavy (non-hydrogen) atoms. The summed E-state index contributed by atoms with van der Waals surface area (Å²) in [6, 6.07) is 0. The quantitative estimate of drug-likeness (QED) is 0.360. The third-order valence-corrected chi connectivity index (χ3v) is 12.9. The average molecular weight is 487 g/mol. The Morgan fingerprint density at radius 3 is 2.29 bits per heavy atom. The van der Waals surface area contributed by atoms with E-state index in [0.29, 0.717) is 18.8 Å². The minimum Gasteiger partial charge on any atom is -0.480 e. The van der Waals surface area contributed by atoms with Crippen LogP contribution in [-0.4, -0.2) is 39.8 Å². The van der Waals surface area contributed by atoms with Crippen LogP contribution in [0.1, 0.15) is 99.3 Å². The van der Waals surface area contributed by atoms with Crippen molar-refractivity contribution in [2.75, 3.05) is 6.61 Å². The number of aliphatic carboxylic acids is 1. The molecule has 0 aromatic carbocycles. The molecule has 4 fully saturated rings. The summed E-state index contributed by atoms with van der Waals surface area (Å²) in [4.78, 5) is 25.5. The fourth-order valence-electron chi connectivity index (χ4n) is 10.6. The second-order valence-corrected chi connectivity index (χ2v) is 14.8. The molecule has 0 saturated heterocycles. The van der Waals surface area contributed by atoms with Crippen molar-refractivity contribution in [1.29, 1.82) is 0 Å². The molecule has 9 atom stereocenters. The summed E-state index contributed by atoms with van der Waals surface area (Å²) >= 11 is 0. The molecule has 5 heteroatoms. The van der Waals surface area contributed by atoms with Crippen LogP contribution in [0.5, 0.6) is 0 Å². The first-order chi connectivity index (χ1) is 16.1. The van der Waals surface area contributed by atoms with Crippen LogP contribution in [-0.2, 0) is 9.59 Å². The molecule has 0 amide bonds. The summed E-state index contributed by atoms with van der Waals surface area (Å²) in [7, 11) is 0. The summed E-state index contributed by atoms with van der Waals surface area (Å²) in [5.41, 5.74) is -0.556. The summed E-state index contributed by atoms with van der Waals surface area (Å²) in [5.74, 6) is -1.33. The predicted octanol–water partition coefficient (Wildman–Crippen LogP) is 5.39. The number of Topliss-reactive ketones (excluding diaryl/α,β-unsaturated/α-hetero) is 1. The molecule has 3 N–H and O–H groups in total. The number of rotatable bonds is 2. The Morgan fingerprint density at radius 1 is 1.00 bits per heavy atom. The number of carboxylic acids is 1. The lowest BCUT2D eigenvalue weighted by atomic mass is 9.33. The Kier molecular flexibility index (Phi) is 5.40. The Bertz CT molecular complexity index is 983. The predicted molar refractivity (Wildman–Crippen MR) is 134 cm³/mol. The molecule has 5 aliphatic rings. The van der Waals surface area contributed by atoms with Gasteiger partial charge in [0.25, 0.3) is 0 Å². The minimum absolute atomic E-state index is 0.0388. The highest BCUT2D eigenvalue weighted by molar-refractivity contribution is 6.03. The SMILES string of the molecule is CC1(C)CC[C@]2(CO)CC[C@]3(C)C(=CC[C@@H]4[C@@]5(C)CCC(=O)C(C)(C(=O)O)C5[C@H](O)C[C@]43C)[C@H]2C1. The van der Waals surface area contributed by atoms with Crippen LogP contribution in [0.3, 0.4) is 0 Å². The van der Waals surface area contributed by atoms with Crippen molar-refractivity contribution in [2.45, 2.75) is 105 Å². The van der Waals surface area contributed by atoms with E-state index in [1.165, 1.54) is 5.57 Å². The number of allylic oxidation sites excluding steroid dienone is 2. The molecule has 0 bridgehead atoms. The molecule has 0 aromatic heterocycles. The lowest BCUT2D eigenvalue weighted by molar-refractivity contribution is -0.226. The number of aliphatic hydroxyl groups excluding tert-OH is 2. The van der Waals surface area contributed by atoms with E-state index in [0.717, 1.165) is 38.5 Å². The van der Waals surface area contributed by atoms with Gasteiger partial charge in [-0.15, -0.1) is 0 Å². The lowest BCUT2D eigenvalue weighted by Gasteiger charge is -2.71. The Balaban J connectivity index is 1.63. The molecule has 2 unspecified atom stereocenters. The maximum absolute atomic E-state index is 13.0. The van der Waals surface area contributed by atoms with Crippen LogP contribution in [0, 0.1) is 50.2 Å². The molecule has 4 saturated carbocycles. The van der Waals surface area contributed by atoms with Gasteiger partial charge in [0.15, 0.2) is 0 Å². The lowest BCUT2D eigenvalue weighted by Crippen LogP contribution is -2.69. The van der Waals surface area contributed by atoms with Gasteiger partial charge in [0, 0.05) is 24.4 Å². The normalized spacial score (nSPS) is 52.9. The minimum atomic E-state index is -1.54. The topological polar surface area (TPSA) is 94.8 Å². The second kappa shape index (κ2) is 7.43. The van der Waals surface area contributed by atoms with E-state index in [4.69, 9.17) is 0 Å². The fourth-order valence-corrected chi connectivity index (χ4v) is 10.6. The van der Waals surface area contributed by atoms with Crippen LogP contribution < -0.4 is 0 Å². The molecule has 196 valence electrons. The van der Waals surface area contributed by atoms with E-state index in [9.17, 15) is 24.9 Å². The smallest absolute Gasteiger partial charge is 0.317 e. The maximum Gasteiger partial charge on any atom is 0.317 e. The van der Waals surface area contributed by atoms with Gasteiger partial charge in [-0.1, -0.05) is 46.3 Å². The van der Waals surface area contributed by atoms with E-state index >= 15 is 0 Å².